The number of hydrogen-bond donors (Lipinski definition) is 3. The number of carboxylic acid groups (broad SMARTS) is 1. The summed E-state index contributed by atoms with van der Waals surface area (Å²) in [7, 11) is 1.66. The van der Waals surface area contributed by atoms with Gasteiger partial charge in [0.15, 0.2) is 0 Å². The third-order valence-electron chi connectivity index (χ3n) is 3.55. The van der Waals surface area contributed by atoms with Crippen LogP contribution in [0.3, 0.4) is 0 Å². The minimum Gasteiger partial charge on any atom is -0.481 e. The molecule has 0 radical (unpaired) electrons. The van der Waals surface area contributed by atoms with E-state index < -0.39 is 5.97 Å². The van der Waals surface area contributed by atoms with Crippen molar-refractivity contribution in [2.75, 3.05) is 7.05 Å². The fourth-order valence-electron chi connectivity index (χ4n) is 2.43. The fourth-order valence-corrected chi connectivity index (χ4v) is 2.43. The van der Waals surface area contributed by atoms with Crippen molar-refractivity contribution < 1.29 is 14.7 Å². The highest BCUT2D eigenvalue weighted by Gasteiger charge is 2.28. The lowest BCUT2D eigenvalue weighted by Crippen LogP contribution is -2.45. The van der Waals surface area contributed by atoms with Crippen LogP contribution in [-0.4, -0.2) is 50.3 Å². The molecule has 0 aromatic carbocycles. The van der Waals surface area contributed by atoms with Crippen LogP contribution in [0.1, 0.15) is 31.5 Å². The average Bonchev–Trinajstić information content (AvgIpc) is 2.91. The van der Waals surface area contributed by atoms with Gasteiger partial charge in [-0.15, -0.1) is 0 Å². The van der Waals surface area contributed by atoms with Crippen LogP contribution in [0, 0.1) is 5.92 Å². The summed E-state index contributed by atoms with van der Waals surface area (Å²) in [4.78, 5) is 28.5. The van der Waals surface area contributed by atoms with Gasteiger partial charge in [-0.1, -0.05) is 6.42 Å². The Morgan fingerprint density at radius 3 is 3.00 bits per heavy atom. The molecule has 0 spiro atoms. The van der Waals surface area contributed by atoms with E-state index in [2.05, 4.69) is 20.5 Å². The van der Waals surface area contributed by atoms with Crippen LogP contribution in [-0.2, 0) is 11.3 Å². The van der Waals surface area contributed by atoms with Crippen LogP contribution >= 0.6 is 0 Å². The van der Waals surface area contributed by atoms with Crippen LogP contribution in [0.15, 0.2) is 6.33 Å². The van der Waals surface area contributed by atoms with Gasteiger partial charge < -0.3 is 15.3 Å². The zero-order valence-corrected chi connectivity index (χ0v) is 11.4. The van der Waals surface area contributed by atoms with Gasteiger partial charge in [0.2, 0.25) is 0 Å². The second-order valence-electron chi connectivity index (χ2n) is 5.14. The molecule has 2 amide bonds. The maximum Gasteiger partial charge on any atom is 0.317 e. The molecule has 2 rings (SSSR count). The molecule has 8 heteroatoms. The molecule has 20 heavy (non-hydrogen) atoms. The van der Waals surface area contributed by atoms with E-state index in [1.54, 1.807) is 7.05 Å². The van der Waals surface area contributed by atoms with Gasteiger partial charge in [-0.05, 0) is 19.3 Å². The van der Waals surface area contributed by atoms with Crippen LogP contribution in [0.2, 0.25) is 0 Å². The van der Waals surface area contributed by atoms with Gasteiger partial charge >= 0.3 is 12.0 Å². The zero-order valence-electron chi connectivity index (χ0n) is 11.4. The number of amides is 2. The Bertz CT molecular complexity index is 462. The summed E-state index contributed by atoms with van der Waals surface area (Å²) in [5, 5.41) is 18.3. The lowest BCUT2D eigenvalue weighted by Gasteiger charge is -2.29. The topological polar surface area (TPSA) is 111 Å². The monoisotopic (exact) mass is 281 g/mol. The van der Waals surface area contributed by atoms with Gasteiger partial charge in [-0.2, -0.15) is 5.10 Å². The Labute approximate surface area is 116 Å². The van der Waals surface area contributed by atoms with Crippen molar-refractivity contribution in [2.45, 2.75) is 38.3 Å². The zero-order chi connectivity index (χ0) is 14.5. The fraction of sp³-hybridized carbons (Fsp3) is 0.667. The summed E-state index contributed by atoms with van der Waals surface area (Å²) in [5.41, 5.74) is 0. The van der Waals surface area contributed by atoms with Crippen LogP contribution in [0.4, 0.5) is 4.79 Å². The molecule has 2 atom stereocenters. The first kappa shape index (κ1) is 14.3. The first-order chi connectivity index (χ1) is 9.56. The molecule has 0 saturated heterocycles. The molecule has 0 bridgehead atoms. The number of aromatic nitrogens is 3. The maximum absolute atomic E-state index is 12.0. The number of nitrogens with zero attached hydrogens (tertiary/aromatic N) is 3. The van der Waals surface area contributed by atoms with Crippen LogP contribution < -0.4 is 5.32 Å². The molecule has 1 saturated carbocycles. The smallest absolute Gasteiger partial charge is 0.317 e. The molecule has 1 aromatic heterocycles. The third-order valence-corrected chi connectivity index (χ3v) is 3.55. The second kappa shape index (κ2) is 6.36. The Morgan fingerprint density at radius 2 is 2.35 bits per heavy atom. The van der Waals surface area contributed by atoms with Gasteiger partial charge in [-0.25, -0.2) is 9.78 Å². The average molecular weight is 281 g/mol. The Hall–Kier alpha value is -2.12. The van der Waals surface area contributed by atoms with Gasteiger partial charge in [0.25, 0.3) is 0 Å². The van der Waals surface area contributed by atoms with Crippen molar-refractivity contribution >= 4 is 12.0 Å². The molecule has 1 aliphatic carbocycles. The first-order valence-corrected chi connectivity index (χ1v) is 6.65. The highest BCUT2D eigenvalue weighted by molar-refractivity contribution is 5.74. The van der Waals surface area contributed by atoms with E-state index in [4.69, 9.17) is 5.11 Å². The number of carbonyl (C=O) groups excluding carboxylic acids is 1. The number of rotatable bonds is 4. The van der Waals surface area contributed by atoms with Gasteiger partial charge in [0, 0.05) is 13.1 Å². The van der Waals surface area contributed by atoms with Crippen molar-refractivity contribution in [1.82, 2.24) is 25.4 Å². The summed E-state index contributed by atoms with van der Waals surface area (Å²) >= 11 is 0. The van der Waals surface area contributed by atoms with Gasteiger partial charge in [0.05, 0.1) is 12.5 Å². The molecule has 1 fully saturated rings. The Kier molecular flexibility index (Phi) is 4.54. The normalized spacial score (nSPS) is 22.2. The maximum atomic E-state index is 12.0. The van der Waals surface area contributed by atoms with E-state index in [1.807, 2.05) is 0 Å². The lowest BCUT2D eigenvalue weighted by atomic mass is 9.86. The second-order valence-corrected chi connectivity index (χ2v) is 5.14. The highest BCUT2D eigenvalue weighted by Crippen LogP contribution is 2.24. The summed E-state index contributed by atoms with van der Waals surface area (Å²) in [6.45, 7) is 0.334. The number of H-pyrrole nitrogens is 1. The molecular weight excluding hydrogens is 262 g/mol. The van der Waals surface area contributed by atoms with Crippen molar-refractivity contribution in [2.24, 2.45) is 5.92 Å². The Balaban J connectivity index is 1.82. The van der Waals surface area contributed by atoms with Crippen LogP contribution in [0.5, 0.6) is 0 Å². The molecule has 1 heterocycles. The molecular formula is C12H19N5O3. The number of aliphatic carboxylic acids is 1. The van der Waals surface area contributed by atoms with E-state index in [-0.39, 0.29) is 18.0 Å². The summed E-state index contributed by atoms with van der Waals surface area (Å²) < 4.78 is 0. The first-order valence-electron chi connectivity index (χ1n) is 6.65. The van der Waals surface area contributed by atoms with E-state index in [9.17, 15) is 9.59 Å². The predicted octanol–water partition coefficient (Wildman–Crippen LogP) is 0.589. The Morgan fingerprint density at radius 1 is 1.55 bits per heavy atom. The summed E-state index contributed by atoms with van der Waals surface area (Å²) in [6.07, 6.45) is 4.23. The molecule has 8 nitrogen and oxygen atoms in total. The highest BCUT2D eigenvalue weighted by atomic mass is 16.4. The van der Waals surface area contributed by atoms with E-state index in [0.29, 0.717) is 25.2 Å². The standard InChI is InChI=1S/C12H19N5O3/c1-17(6-10-13-7-14-16-10)12(20)15-9-4-2-3-8(5-9)11(18)19/h7-9H,2-6H2,1H3,(H,15,20)(H,18,19)(H,13,14,16). The number of carbonyl (C=O) groups is 2. The van der Waals surface area contributed by atoms with E-state index in [1.165, 1.54) is 11.2 Å². The number of carboxylic acids is 1. The molecule has 1 aromatic rings. The third kappa shape index (κ3) is 3.69. The minimum absolute atomic E-state index is 0.0745. The van der Waals surface area contributed by atoms with E-state index in [0.717, 1.165) is 12.8 Å². The predicted molar refractivity (Wildman–Crippen MR) is 69.8 cm³/mol. The molecule has 110 valence electrons. The summed E-state index contributed by atoms with van der Waals surface area (Å²) in [5.74, 6) is -0.526. The molecule has 1 aliphatic rings. The number of nitrogens with one attached hydrogen (secondary N) is 2. The van der Waals surface area contributed by atoms with Crippen molar-refractivity contribution in [3.8, 4) is 0 Å². The van der Waals surface area contributed by atoms with Crippen molar-refractivity contribution in [1.29, 1.82) is 0 Å². The number of aromatic amines is 1. The molecule has 3 N–H and O–H groups in total. The molecule has 0 aliphatic heterocycles. The lowest BCUT2D eigenvalue weighted by molar-refractivity contribution is -0.143. The van der Waals surface area contributed by atoms with E-state index >= 15 is 0 Å². The molecule has 2 unspecified atom stereocenters. The van der Waals surface area contributed by atoms with Crippen LogP contribution in [0.25, 0.3) is 0 Å². The number of hydrogen-bond acceptors (Lipinski definition) is 4. The summed E-state index contributed by atoms with van der Waals surface area (Å²) in [6, 6.07) is -0.299. The van der Waals surface area contributed by atoms with Crippen molar-refractivity contribution in [3.63, 3.8) is 0 Å². The minimum atomic E-state index is -0.779. The van der Waals surface area contributed by atoms with Gasteiger partial charge in [-0.3, -0.25) is 9.89 Å². The SMILES string of the molecule is CN(Cc1ncn[nH]1)C(=O)NC1CCCC(C(=O)O)C1. The quantitative estimate of drug-likeness (QED) is 0.748. The largest absolute Gasteiger partial charge is 0.481 e. The number of urea groups is 1. The van der Waals surface area contributed by atoms with Gasteiger partial charge in [0.1, 0.15) is 12.2 Å². The van der Waals surface area contributed by atoms with Crippen molar-refractivity contribution in [3.05, 3.63) is 12.2 Å².